The number of hydrogen-bond acceptors (Lipinski definition) is 3. The molecule has 1 heterocycles. The molecule has 1 saturated heterocycles. The Labute approximate surface area is 118 Å². The molecule has 1 aromatic rings. The van der Waals surface area contributed by atoms with Gasteiger partial charge in [-0.15, -0.1) is 0 Å². The zero-order valence-corrected chi connectivity index (χ0v) is 11.5. The summed E-state index contributed by atoms with van der Waals surface area (Å²) in [6.45, 7) is 2.28. The molecule has 1 fully saturated rings. The number of aryl methyl sites for hydroxylation is 1. The van der Waals surface area contributed by atoms with Crippen molar-refractivity contribution in [2.45, 2.75) is 32.2 Å². The maximum atomic E-state index is 12.1. The van der Waals surface area contributed by atoms with Crippen molar-refractivity contribution in [1.82, 2.24) is 4.90 Å². The minimum Gasteiger partial charge on any atom is -0.484 e. The maximum absolute atomic E-state index is 12.1. The Bertz CT molecular complexity index is 500. The topological polar surface area (TPSA) is 66.8 Å². The van der Waals surface area contributed by atoms with Gasteiger partial charge in [-0.05, 0) is 37.8 Å². The number of likely N-dealkylation sites (tertiary alicyclic amines) is 1. The zero-order chi connectivity index (χ0) is 14.5. The Hall–Kier alpha value is -2.04. The summed E-state index contributed by atoms with van der Waals surface area (Å²) in [7, 11) is 0. The van der Waals surface area contributed by atoms with Gasteiger partial charge in [-0.25, -0.2) is 4.79 Å². The van der Waals surface area contributed by atoms with E-state index in [0.717, 1.165) is 18.4 Å². The first-order valence-electron chi connectivity index (χ1n) is 6.80. The number of hydrogen-bond donors (Lipinski definition) is 1. The molecule has 1 amide bonds. The molecule has 20 heavy (non-hydrogen) atoms. The summed E-state index contributed by atoms with van der Waals surface area (Å²) in [6, 6.07) is 6.73. The SMILES string of the molecule is Cc1ccccc1OCC(=O)N1CCCCC1C(=O)O. The van der Waals surface area contributed by atoms with E-state index in [0.29, 0.717) is 18.7 Å². The van der Waals surface area contributed by atoms with Crippen molar-refractivity contribution in [3.05, 3.63) is 29.8 Å². The monoisotopic (exact) mass is 277 g/mol. The van der Waals surface area contributed by atoms with E-state index in [1.165, 1.54) is 4.90 Å². The number of nitrogens with zero attached hydrogens (tertiary/aromatic N) is 1. The fraction of sp³-hybridized carbons (Fsp3) is 0.467. The second kappa shape index (κ2) is 6.41. The van der Waals surface area contributed by atoms with Crippen LogP contribution in [0.2, 0.25) is 0 Å². The lowest BCUT2D eigenvalue weighted by Gasteiger charge is -2.32. The molecule has 0 saturated carbocycles. The van der Waals surface area contributed by atoms with E-state index >= 15 is 0 Å². The van der Waals surface area contributed by atoms with Gasteiger partial charge in [0.25, 0.3) is 5.91 Å². The van der Waals surface area contributed by atoms with Gasteiger partial charge in [0.2, 0.25) is 0 Å². The van der Waals surface area contributed by atoms with Gasteiger partial charge in [0, 0.05) is 6.54 Å². The number of carbonyl (C=O) groups excluding carboxylic acids is 1. The fourth-order valence-electron chi connectivity index (χ4n) is 2.43. The summed E-state index contributed by atoms with van der Waals surface area (Å²) < 4.78 is 5.50. The third-order valence-electron chi connectivity index (χ3n) is 3.55. The second-order valence-electron chi connectivity index (χ2n) is 4.99. The predicted molar refractivity (Wildman–Crippen MR) is 73.7 cm³/mol. The van der Waals surface area contributed by atoms with Crippen LogP contribution in [-0.4, -0.2) is 41.1 Å². The van der Waals surface area contributed by atoms with Gasteiger partial charge >= 0.3 is 5.97 Å². The van der Waals surface area contributed by atoms with Crippen LogP contribution in [0.25, 0.3) is 0 Å². The summed E-state index contributed by atoms with van der Waals surface area (Å²) in [6.07, 6.45) is 2.21. The largest absolute Gasteiger partial charge is 0.484 e. The summed E-state index contributed by atoms with van der Waals surface area (Å²) in [5.41, 5.74) is 0.953. The number of amides is 1. The van der Waals surface area contributed by atoms with Crippen molar-refractivity contribution >= 4 is 11.9 Å². The number of para-hydroxylation sites is 1. The molecule has 2 rings (SSSR count). The van der Waals surface area contributed by atoms with E-state index in [9.17, 15) is 9.59 Å². The third-order valence-corrected chi connectivity index (χ3v) is 3.55. The van der Waals surface area contributed by atoms with Crippen LogP contribution in [0.5, 0.6) is 5.75 Å². The lowest BCUT2D eigenvalue weighted by Crippen LogP contribution is -2.49. The number of piperidine rings is 1. The minimum atomic E-state index is -0.936. The summed E-state index contributed by atoms with van der Waals surface area (Å²) in [5.74, 6) is -0.543. The first-order chi connectivity index (χ1) is 9.59. The van der Waals surface area contributed by atoms with E-state index in [4.69, 9.17) is 9.84 Å². The number of carboxylic acid groups (broad SMARTS) is 1. The van der Waals surface area contributed by atoms with Crippen molar-refractivity contribution in [1.29, 1.82) is 0 Å². The second-order valence-corrected chi connectivity index (χ2v) is 4.99. The van der Waals surface area contributed by atoms with Crippen LogP contribution in [0.4, 0.5) is 0 Å². The molecule has 0 aliphatic carbocycles. The van der Waals surface area contributed by atoms with E-state index in [1.54, 1.807) is 6.07 Å². The molecule has 0 bridgehead atoms. The molecule has 1 unspecified atom stereocenters. The van der Waals surface area contributed by atoms with Crippen molar-refractivity contribution in [3.8, 4) is 5.75 Å². The number of benzene rings is 1. The molecular weight excluding hydrogens is 258 g/mol. The fourth-order valence-corrected chi connectivity index (χ4v) is 2.43. The van der Waals surface area contributed by atoms with Crippen LogP contribution in [0.15, 0.2) is 24.3 Å². The zero-order valence-electron chi connectivity index (χ0n) is 11.5. The van der Waals surface area contributed by atoms with Gasteiger partial charge in [-0.3, -0.25) is 4.79 Å². The highest BCUT2D eigenvalue weighted by atomic mass is 16.5. The summed E-state index contributed by atoms with van der Waals surface area (Å²) in [4.78, 5) is 24.7. The number of ether oxygens (including phenoxy) is 1. The Morgan fingerprint density at radius 2 is 2.10 bits per heavy atom. The average molecular weight is 277 g/mol. The lowest BCUT2D eigenvalue weighted by atomic mass is 10.0. The molecule has 1 aliphatic rings. The Morgan fingerprint density at radius 1 is 1.35 bits per heavy atom. The van der Waals surface area contributed by atoms with E-state index in [1.807, 2.05) is 25.1 Å². The van der Waals surface area contributed by atoms with Gasteiger partial charge < -0.3 is 14.7 Å². The molecule has 1 aliphatic heterocycles. The van der Waals surface area contributed by atoms with Crippen LogP contribution in [0.1, 0.15) is 24.8 Å². The van der Waals surface area contributed by atoms with Crippen LogP contribution in [0, 0.1) is 6.92 Å². The van der Waals surface area contributed by atoms with Crippen molar-refractivity contribution in [2.75, 3.05) is 13.2 Å². The van der Waals surface area contributed by atoms with E-state index in [-0.39, 0.29) is 12.5 Å². The van der Waals surface area contributed by atoms with Crippen molar-refractivity contribution in [3.63, 3.8) is 0 Å². The third kappa shape index (κ3) is 3.29. The quantitative estimate of drug-likeness (QED) is 0.912. The average Bonchev–Trinajstić information content (AvgIpc) is 2.46. The summed E-state index contributed by atoms with van der Waals surface area (Å²) in [5, 5.41) is 9.15. The number of carboxylic acids is 1. The van der Waals surface area contributed by atoms with E-state index in [2.05, 4.69) is 0 Å². The molecule has 108 valence electrons. The van der Waals surface area contributed by atoms with Crippen molar-refractivity contribution in [2.24, 2.45) is 0 Å². The number of carbonyl (C=O) groups is 2. The van der Waals surface area contributed by atoms with Gasteiger partial charge in [0.05, 0.1) is 0 Å². The highest BCUT2D eigenvalue weighted by Gasteiger charge is 2.31. The van der Waals surface area contributed by atoms with Gasteiger partial charge in [0.1, 0.15) is 11.8 Å². The van der Waals surface area contributed by atoms with Crippen LogP contribution >= 0.6 is 0 Å². The highest BCUT2D eigenvalue weighted by Crippen LogP contribution is 2.19. The highest BCUT2D eigenvalue weighted by molar-refractivity contribution is 5.84. The first kappa shape index (κ1) is 14.4. The van der Waals surface area contributed by atoms with Crippen molar-refractivity contribution < 1.29 is 19.4 Å². The maximum Gasteiger partial charge on any atom is 0.326 e. The molecule has 0 radical (unpaired) electrons. The van der Waals surface area contributed by atoms with Crippen LogP contribution < -0.4 is 4.74 Å². The van der Waals surface area contributed by atoms with Gasteiger partial charge in [0.15, 0.2) is 6.61 Å². The first-order valence-corrected chi connectivity index (χ1v) is 6.80. The predicted octanol–water partition coefficient (Wildman–Crippen LogP) is 1.84. The number of rotatable bonds is 4. The molecule has 1 N–H and O–H groups in total. The Kier molecular flexibility index (Phi) is 4.61. The molecule has 0 aromatic heterocycles. The number of aliphatic carboxylic acids is 1. The van der Waals surface area contributed by atoms with Gasteiger partial charge in [-0.1, -0.05) is 18.2 Å². The lowest BCUT2D eigenvalue weighted by molar-refractivity contribution is -0.152. The molecule has 0 spiro atoms. The molecule has 1 aromatic carbocycles. The normalized spacial score (nSPS) is 18.6. The van der Waals surface area contributed by atoms with Gasteiger partial charge in [-0.2, -0.15) is 0 Å². The van der Waals surface area contributed by atoms with Crippen LogP contribution in [0.3, 0.4) is 0 Å². The molecule has 1 atom stereocenters. The van der Waals surface area contributed by atoms with E-state index < -0.39 is 12.0 Å². The molecule has 5 nitrogen and oxygen atoms in total. The summed E-state index contributed by atoms with van der Waals surface area (Å²) >= 11 is 0. The smallest absolute Gasteiger partial charge is 0.326 e. The Balaban J connectivity index is 1.97. The minimum absolute atomic E-state index is 0.116. The standard InChI is InChI=1S/C15H19NO4/c1-11-6-2-3-8-13(11)20-10-14(17)16-9-5-4-7-12(16)15(18)19/h2-3,6,8,12H,4-5,7,9-10H2,1H3,(H,18,19). The molecular formula is C15H19NO4. The molecule has 5 heteroatoms. The Morgan fingerprint density at radius 3 is 2.80 bits per heavy atom. The van der Waals surface area contributed by atoms with Crippen LogP contribution in [-0.2, 0) is 9.59 Å².